The van der Waals surface area contributed by atoms with Crippen molar-refractivity contribution < 1.29 is 4.79 Å². The lowest BCUT2D eigenvalue weighted by Crippen LogP contribution is -2.23. The first-order chi connectivity index (χ1) is 11.3. The molecule has 116 valence electrons. The second-order valence-corrected chi connectivity index (χ2v) is 6.32. The largest absolute Gasteiger partial charge is 0.354 e. The molecule has 1 N–H and O–H groups in total. The Balaban J connectivity index is 1.76. The SMILES string of the molecule is O=C(Nc1nc2ccccc2nc1N1CCCC1)c1ccsc1. The molecule has 1 fully saturated rings. The second-order valence-electron chi connectivity index (χ2n) is 5.54. The molecule has 6 heteroatoms. The van der Waals surface area contributed by atoms with E-state index < -0.39 is 0 Å². The Morgan fingerprint density at radius 1 is 1.09 bits per heavy atom. The number of amides is 1. The van der Waals surface area contributed by atoms with Crippen molar-refractivity contribution >= 4 is 39.9 Å². The molecule has 0 radical (unpaired) electrons. The fourth-order valence-electron chi connectivity index (χ4n) is 2.80. The molecule has 0 unspecified atom stereocenters. The number of benzene rings is 1. The summed E-state index contributed by atoms with van der Waals surface area (Å²) in [7, 11) is 0. The van der Waals surface area contributed by atoms with Crippen molar-refractivity contribution in [1.82, 2.24) is 9.97 Å². The maximum atomic E-state index is 12.4. The van der Waals surface area contributed by atoms with E-state index in [1.165, 1.54) is 11.3 Å². The average Bonchev–Trinajstić information content (AvgIpc) is 3.27. The standard InChI is InChI=1S/C17H16N4OS/c22-17(12-7-10-23-11-12)20-15-16(21-8-3-4-9-21)19-14-6-2-1-5-13(14)18-15/h1-2,5-7,10-11H,3-4,8-9H2,(H,18,20,22). The molecule has 3 aromatic rings. The summed E-state index contributed by atoms with van der Waals surface area (Å²) in [5.74, 6) is 1.17. The molecule has 0 spiro atoms. The van der Waals surface area contributed by atoms with Crippen LogP contribution in [0.5, 0.6) is 0 Å². The number of nitrogens with zero attached hydrogens (tertiary/aromatic N) is 3. The van der Waals surface area contributed by atoms with Crippen LogP contribution in [0.4, 0.5) is 11.6 Å². The molecule has 1 saturated heterocycles. The molecule has 1 amide bonds. The average molecular weight is 324 g/mol. The fourth-order valence-corrected chi connectivity index (χ4v) is 3.43. The van der Waals surface area contributed by atoms with Gasteiger partial charge in [-0.05, 0) is 36.4 Å². The van der Waals surface area contributed by atoms with Crippen LogP contribution in [0.25, 0.3) is 11.0 Å². The van der Waals surface area contributed by atoms with Crippen molar-refractivity contribution in [2.45, 2.75) is 12.8 Å². The lowest BCUT2D eigenvalue weighted by atomic mass is 10.3. The first-order valence-corrected chi connectivity index (χ1v) is 8.61. The van der Waals surface area contributed by atoms with E-state index in [0.717, 1.165) is 42.8 Å². The van der Waals surface area contributed by atoms with Crippen molar-refractivity contribution in [3.63, 3.8) is 0 Å². The van der Waals surface area contributed by atoms with Gasteiger partial charge in [-0.25, -0.2) is 9.97 Å². The summed E-state index contributed by atoms with van der Waals surface area (Å²) in [6, 6.07) is 9.55. The highest BCUT2D eigenvalue weighted by Crippen LogP contribution is 2.28. The highest BCUT2D eigenvalue weighted by atomic mass is 32.1. The predicted octanol–water partition coefficient (Wildman–Crippen LogP) is 3.54. The highest BCUT2D eigenvalue weighted by molar-refractivity contribution is 7.08. The normalized spacial score (nSPS) is 14.3. The van der Waals surface area contributed by atoms with E-state index in [9.17, 15) is 4.79 Å². The van der Waals surface area contributed by atoms with Crippen LogP contribution in [0.1, 0.15) is 23.2 Å². The zero-order valence-electron chi connectivity index (χ0n) is 12.5. The van der Waals surface area contributed by atoms with Crippen molar-refractivity contribution in [2.75, 3.05) is 23.3 Å². The van der Waals surface area contributed by atoms with E-state index in [1.54, 1.807) is 0 Å². The predicted molar refractivity (Wildman–Crippen MR) is 93.3 cm³/mol. The number of carbonyl (C=O) groups is 1. The maximum Gasteiger partial charge on any atom is 0.257 e. The van der Waals surface area contributed by atoms with Gasteiger partial charge in [0.2, 0.25) is 0 Å². The summed E-state index contributed by atoms with van der Waals surface area (Å²) in [5.41, 5.74) is 2.29. The molecule has 1 aliphatic heterocycles. The molecule has 23 heavy (non-hydrogen) atoms. The zero-order chi connectivity index (χ0) is 15.6. The van der Waals surface area contributed by atoms with Crippen LogP contribution >= 0.6 is 11.3 Å². The number of fused-ring (bicyclic) bond motifs is 1. The summed E-state index contributed by atoms with van der Waals surface area (Å²) in [6.45, 7) is 1.91. The van der Waals surface area contributed by atoms with E-state index in [2.05, 4.69) is 15.2 Å². The number of hydrogen-bond donors (Lipinski definition) is 1. The lowest BCUT2D eigenvalue weighted by molar-refractivity contribution is 0.102. The van der Waals surface area contributed by atoms with Gasteiger partial charge in [-0.15, -0.1) is 0 Å². The molecule has 5 nitrogen and oxygen atoms in total. The second kappa shape index (κ2) is 5.96. The van der Waals surface area contributed by atoms with E-state index >= 15 is 0 Å². The topological polar surface area (TPSA) is 58.1 Å². The molecule has 3 heterocycles. The van der Waals surface area contributed by atoms with Gasteiger partial charge >= 0.3 is 0 Å². The monoisotopic (exact) mass is 324 g/mol. The Morgan fingerprint density at radius 2 is 1.83 bits per heavy atom. The van der Waals surface area contributed by atoms with Crippen LogP contribution < -0.4 is 10.2 Å². The Morgan fingerprint density at radius 3 is 2.52 bits per heavy atom. The van der Waals surface area contributed by atoms with Gasteiger partial charge < -0.3 is 10.2 Å². The van der Waals surface area contributed by atoms with Gasteiger partial charge in [0.25, 0.3) is 5.91 Å². The molecule has 4 rings (SSSR count). The third kappa shape index (κ3) is 2.77. The van der Waals surface area contributed by atoms with Gasteiger partial charge in [-0.3, -0.25) is 4.79 Å². The molecule has 2 aromatic heterocycles. The van der Waals surface area contributed by atoms with Crippen molar-refractivity contribution in [3.8, 4) is 0 Å². The van der Waals surface area contributed by atoms with Crippen LogP contribution in [-0.4, -0.2) is 29.0 Å². The minimum Gasteiger partial charge on any atom is -0.354 e. The fraction of sp³-hybridized carbons (Fsp3) is 0.235. The molecular formula is C17H16N4OS. The van der Waals surface area contributed by atoms with Crippen molar-refractivity contribution in [2.24, 2.45) is 0 Å². The number of rotatable bonds is 3. The van der Waals surface area contributed by atoms with Crippen LogP contribution in [0, 0.1) is 0 Å². The van der Waals surface area contributed by atoms with Gasteiger partial charge in [0.05, 0.1) is 16.6 Å². The molecule has 1 aliphatic rings. The number of carbonyl (C=O) groups excluding carboxylic acids is 1. The van der Waals surface area contributed by atoms with Crippen LogP contribution in [0.3, 0.4) is 0 Å². The first kappa shape index (κ1) is 14.1. The van der Waals surface area contributed by atoms with Gasteiger partial charge in [-0.1, -0.05) is 12.1 Å². The number of aromatic nitrogens is 2. The summed E-state index contributed by atoms with van der Waals surface area (Å²) in [6.07, 6.45) is 2.29. The summed E-state index contributed by atoms with van der Waals surface area (Å²) >= 11 is 1.50. The molecule has 0 atom stereocenters. The van der Waals surface area contributed by atoms with E-state index in [1.807, 2.05) is 41.1 Å². The number of anilines is 2. The van der Waals surface area contributed by atoms with Gasteiger partial charge in [-0.2, -0.15) is 11.3 Å². The van der Waals surface area contributed by atoms with Gasteiger partial charge in [0, 0.05) is 18.5 Å². The van der Waals surface area contributed by atoms with Crippen LogP contribution in [0.2, 0.25) is 0 Å². The Bertz CT molecular complexity index is 841. The highest BCUT2D eigenvalue weighted by Gasteiger charge is 2.21. The van der Waals surface area contributed by atoms with Crippen LogP contribution in [0.15, 0.2) is 41.1 Å². The third-order valence-corrected chi connectivity index (χ3v) is 4.66. The minimum atomic E-state index is -0.142. The Labute approximate surface area is 138 Å². The number of nitrogens with one attached hydrogen (secondary N) is 1. The quantitative estimate of drug-likeness (QED) is 0.800. The minimum absolute atomic E-state index is 0.142. The maximum absolute atomic E-state index is 12.4. The van der Waals surface area contributed by atoms with Crippen molar-refractivity contribution in [3.05, 3.63) is 46.7 Å². The van der Waals surface area contributed by atoms with Crippen molar-refractivity contribution in [1.29, 1.82) is 0 Å². The number of para-hydroxylation sites is 2. The van der Waals surface area contributed by atoms with Gasteiger partial charge in [0.1, 0.15) is 0 Å². The number of hydrogen-bond acceptors (Lipinski definition) is 5. The van der Waals surface area contributed by atoms with Gasteiger partial charge in [0.15, 0.2) is 11.6 Å². The third-order valence-electron chi connectivity index (χ3n) is 3.97. The number of thiophene rings is 1. The van der Waals surface area contributed by atoms with E-state index in [0.29, 0.717) is 11.4 Å². The molecule has 0 saturated carbocycles. The molecule has 1 aromatic carbocycles. The molecular weight excluding hydrogens is 308 g/mol. The first-order valence-electron chi connectivity index (χ1n) is 7.66. The summed E-state index contributed by atoms with van der Waals surface area (Å²) in [4.78, 5) is 24.0. The smallest absolute Gasteiger partial charge is 0.257 e. The summed E-state index contributed by atoms with van der Waals surface area (Å²) in [5, 5.41) is 6.66. The van der Waals surface area contributed by atoms with E-state index in [4.69, 9.17) is 4.98 Å². The van der Waals surface area contributed by atoms with E-state index in [-0.39, 0.29) is 5.91 Å². The molecule has 0 aliphatic carbocycles. The van der Waals surface area contributed by atoms with Crippen LogP contribution in [-0.2, 0) is 0 Å². The lowest BCUT2D eigenvalue weighted by Gasteiger charge is -2.20. The Hall–Kier alpha value is -2.47. The zero-order valence-corrected chi connectivity index (χ0v) is 13.3. The summed E-state index contributed by atoms with van der Waals surface area (Å²) < 4.78 is 0. The molecule has 0 bridgehead atoms. The Kier molecular flexibility index (Phi) is 3.67.